The number of hydrogen-bond donors (Lipinski definition) is 2. The molecule has 0 saturated carbocycles. The van der Waals surface area contributed by atoms with Crippen molar-refractivity contribution in [2.75, 3.05) is 29.7 Å². The van der Waals surface area contributed by atoms with Crippen LogP contribution in [0.15, 0.2) is 0 Å². The minimum absolute atomic E-state index is 0.0939. The molecule has 1 aliphatic heterocycles. The van der Waals surface area contributed by atoms with Gasteiger partial charge in [0.15, 0.2) is 5.78 Å². The zero-order valence-electron chi connectivity index (χ0n) is 11.0. The lowest BCUT2D eigenvalue weighted by atomic mass is 10.1. The highest BCUT2D eigenvalue weighted by molar-refractivity contribution is 8.16. The van der Waals surface area contributed by atoms with Crippen molar-refractivity contribution in [3.8, 4) is 0 Å². The number of hydrogen-bond acceptors (Lipinski definition) is 6. The van der Waals surface area contributed by atoms with Gasteiger partial charge in [-0.1, -0.05) is 13.8 Å². The first-order chi connectivity index (χ1) is 8.69. The maximum Gasteiger partial charge on any atom is 0.164 e. The van der Waals surface area contributed by atoms with E-state index < -0.39 is 0 Å². The summed E-state index contributed by atoms with van der Waals surface area (Å²) in [5, 5.41) is 7.25. The molecule has 0 aliphatic carbocycles. The van der Waals surface area contributed by atoms with Crippen LogP contribution < -0.4 is 10.6 Å². The van der Waals surface area contributed by atoms with Gasteiger partial charge < -0.3 is 5.32 Å². The molecule has 0 aromatic heterocycles. The summed E-state index contributed by atoms with van der Waals surface area (Å²) in [4.78, 5) is 23.8. The number of Topliss-reactive ketones (excluding diaryl/α,β-unsaturated/α-hetero) is 2. The van der Waals surface area contributed by atoms with E-state index in [0.29, 0.717) is 6.42 Å². The van der Waals surface area contributed by atoms with E-state index in [-0.39, 0.29) is 30.2 Å². The summed E-state index contributed by atoms with van der Waals surface area (Å²) in [5.41, 5.74) is 0. The normalized spacial score (nSPS) is 26.9. The Labute approximate surface area is 117 Å². The first-order valence-electron chi connectivity index (χ1n) is 6.36. The van der Waals surface area contributed by atoms with Crippen molar-refractivity contribution in [3.63, 3.8) is 0 Å². The number of rotatable bonds is 4. The Morgan fingerprint density at radius 2 is 2.11 bits per heavy atom. The fourth-order valence-electron chi connectivity index (χ4n) is 1.76. The Bertz CT molecular complexity index is 287. The minimum atomic E-state index is -0.176. The van der Waals surface area contributed by atoms with Crippen LogP contribution in [0.2, 0.25) is 0 Å². The van der Waals surface area contributed by atoms with Gasteiger partial charge in [0.1, 0.15) is 5.78 Å². The van der Waals surface area contributed by atoms with E-state index in [4.69, 9.17) is 0 Å². The second kappa shape index (κ2) is 8.96. The summed E-state index contributed by atoms with van der Waals surface area (Å²) in [6, 6.07) is -0.270. The fraction of sp³-hybridized carbons (Fsp3) is 0.833. The molecular formula is C12H22N2O2S2. The molecule has 0 spiro atoms. The van der Waals surface area contributed by atoms with Crippen molar-refractivity contribution in [3.05, 3.63) is 0 Å². The lowest BCUT2D eigenvalue weighted by molar-refractivity contribution is -0.121. The van der Waals surface area contributed by atoms with Crippen molar-refractivity contribution in [2.45, 2.75) is 32.4 Å². The van der Waals surface area contributed by atoms with E-state index in [1.165, 1.54) is 0 Å². The molecule has 6 heteroatoms. The molecule has 0 radical (unpaired) electrons. The van der Waals surface area contributed by atoms with E-state index in [0.717, 1.165) is 23.1 Å². The molecule has 0 bridgehead atoms. The maximum absolute atomic E-state index is 12.0. The highest BCUT2D eigenvalue weighted by Crippen LogP contribution is 2.16. The van der Waals surface area contributed by atoms with Crippen LogP contribution in [-0.4, -0.2) is 53.3 Å². The number of ketones is 2. The first-order valence-corrected chi connectivity index (χ1v) is 8.67. The largest absolute Gasteiger partial charge is 0.307 e. The van der Waals surface area contributed by atoms with Gasteiger partial charge in [-0.2, -0.15) is 0 Å². The van der Waals surface area contributed by atoms with Crippen molar-refractivity contribution >= 4 is 35.1 Å². The van der Waals surface area contributed by atoms with E-state index >= 15 is 0 Å². The summed E-state index contributed by atoms with van der Waals surface area (Å²) >= 11 is 3.53. The van der Waals surface area contributed by atoms with Crippen molar-refractivity contribution < 1.29 is 9.59 Å². The van der Waals surface area contributed by atoms with Gasteiger partial charge >= 0.3 is 0 Å². The van der Waals surface area contributed by atoms with Crippen LogP contribution in [0.4, 0.5) is 0 Å². The number of nitrogens with one attached hydrogen (secondary N) is 2. The predicted octanol–water partition coefficient (Wildman–Crippen LogP) is 0.908. The molecule has 1 rings (SSSR count). The Hall–Kier alpha value is -0.0400. The SMILES string of the molecule is CCNC1CSCSCC(C(=O)CC)NCC1=O. The average Bonchev–Trinajstić information content (AvgIpc) is 2.39. The number of likely N-dealkylation sites (N-methyl/N-ethyl adjacent to an activating group) is 1. The van der Waals surface area contributed by atoms with Gasteiger partial charge in [0, 0.05) is 23.0 Å². The van der Waals surface area contributed by atoms with E-state index in [1.807, 2.05) is 13.8 Å². The van der Waals surface area contributed by atoms with Crippen LogP contribution in [0, 0.1) is 0 Å². The molecule has 2 atom stereocenters. The minimum Gasteiger partial charge on any atom is -0.307 e. The zero-order valence-corrected chi connectivity index (χ0v) is 12.7. The zero-order chi connectivity index (χ0) is 13.4. The number of thioether (sulfide) groups is 2. The van der Waals surface area contributed by atoms with Gasteiger partial charge in [0.25, 0.3) is 0 Å². The number of carbonyl (C=O) groups is 2. The average molecular weight is 290 g/mol. The molecule has 4 nitrogen and oxygen atoms in total. The quantitative estimate of drug-likeness (QED) is 0.802. The Morgan fingerprint density at radius 1 is 1.39 bits per heavy atom. The Balaban J connectivity index is 2.57. The summed E-state index contributed by atoms with van der Waals surface area (Å²) in [7, 11) is 0. The van der Waals surface area contributed by atoms with Crippen LogP contribution >= 0.6 is 23.5 Å². The predicted molar refractivity (Wildman–Crippen MR) is 79.3 cm³/mol. The molecular weight excluding hydrogens is 268 g/mol. The van der Waals surface area contributed by atoms with Gasteiger partial charge in [-0.05, 0) is 6.54 Å². The summed E-state index contributed by atoms with van der Waals surface area (Å²) in [6.07, 6.45) is 0.524. The summed E-state index contributed by atoms with van der Waals surface area (Å²) in [5.74, 6) is 1.93. The molecule has 1 saturated heterocycles. The Kier molecular flexibility index (Phi) is 7.97. The second-order valence-corrected chi connectivity index (χ2v) is 6.62. The third-order valence-electron chi connectivity index (χ3n) is 2.83. The molecule has 1 fully saturated rings. The molecule has 0 aromatic rings. The second-order valence-electron chi connectivity index (χ2n) is 4.19. The summed E-state index contributed by atoms with van der Waals surface area (Å²) in [6.45, 7) is 4.95. The smallest absolute Gasteiger partial charge is 0.164 e. The van der Waals surface area contributed by atoms with E-state index in [2.05, 4.69) is 10.6 Å². The van der Waals surface area contributed by atoms with Crippen LogP contribution in [0.3, 0.4) is 0 Å². The van der Waals surface area contributed by atoms with Gasteiger partial charge in [0.05, 0.1) is 18.6 Å². The third kappa shape index (κ3) is 5.30. The molecule has 0 amide bonds. The van der Waals surface area contributed by atoms with Gasteiger partial charge in [-0.15, -0.1) is 23.5 Å². The maximum atomic E-state index is 12.0. The van der Waals surface area contributed by atoms with Gasteiger partial charge in [-0.3, -0.25) is 14.9 Å². The summed E-state index contributed by atoms with van der Waals surface area (Å²) < 4.78 is 0. The monoisotopic (exact) mass is 290 g/mol. The highest BCUT2D eigenvalue weighted by atomic mass is 32.2. The van der Waals surface area contributed by atoms with Crippen LogP contribution in [0.1, 0.15) is 20.3 Å². The highest BCUT2D eigenvalue weighted by Gasteiger charge is 2.22. The molecule has 2 unspecified atom stereocenters. The molecule has 18 heavy (non-hydrogen) atoms. The van der Waals surface area contributed by atoms with Crippen molar-refractivity contribution in [1.29, 1.82) is 0 Å². The number of carbonyl (C=O) groups excluding carboxylic acids is 2. The van der Waals surface area contributed by atoms with Gasteiger partial charge in [-0.25, -0.2) is 0 Å². The van der Waals surface area contributed by atoms with Crippen LogP contribution in [0.5, 0.6) is 0 Å². The molecule has 1 heterocycles. The topological polar surface area (TPSA) is 58.2 Å². The molecule has 2 N–H and O–H groups in total. The first kappa shape index (κ1) is 16.0. The molecule has 1 aliphatic rings. The third-order valence-corrected chi connectivity index (χ3v) is 5.31. The fourth-order valence-corrected chi connectivity index (χ4v) is 4.08. The molecule has 104 valence electrons. The Morgan fingerprint density at radius 3 is 2.78 bits per heavy atom. The van der Waals surface area contributed by atoms with Crippen LogP contribution in [0.25, 0.3) is 0 Å². The van der Waals surface area contributed by atoms with E-state index in [9.17, 15) is 9.59 Å². The van der Waals surface area contributed by atoms with Crippen molar-refractivity contribution in [1.82, 2.24) is 10.6 Å². The molecule has 0 aromatic carbocycles. The standard InChI is InChI=1S/C12H22N2O2S2/c1-3-11(15)9-6-17-8-18-7-10(13-4-2)12(16)5-14-9/h9-10,13-14H,3-8H2,1-2H3. The lowest BCUT2D eigenvalue weighted by Crippen LogP contribution is -2.48. The van der Waals surface area contributed by atoms with Crippen LogP contribution in [-0.2, 0) is 9.59 Å². The van der Waals surface area contributed by atoms with E-state index in [1.54, 1.807) is 23.5 Å². The van der Waals surface area contributed by atoms with Crippen molar-refractivity contribution in [2.24, 2.45) is 0 Å². The van der Waals surface area contributed by atoms with Gasteiger partial charge in [0.2, 0.25) is 0 Å². The lowest BCUT2D eigenvalue weighted by Gasteiger charge is -2.22.